The van der Waals surface area contributed by atoms with E-state index in [1.807, 2.05) is 19.9 Å². The maximum atomic E-state index is 13.1. The maximum absolute atomic E-state index is 13.1. The molecule has 1 aromatic carbocycles. The Morgan fingerprint density at radius 1 is 1.24 bits per heavy atom. The normalized spacial score (nSPS) is 10.8. The van der Waals surface area contributed by atoms with Crippen LogP contribution in [0.3, 0.4) is 0 Å². The summed E-state index contributed by atoms with van der Waals surface area (Å²) in [5, 5.41) is 0.156. The van der Waals surface area contributed by atoms with Crippen molar-refractivity contribution in [2.45, 2.75) is 33.1 Å². The van der Waals surface area contributed by atoms with Gasteiger partial charge in [0.2, 0.25) is 5.78 Å². The molecule has 0 aliphatic rings. The van der Waals surface area contributed by atoms with Gasteiger partial charge in [-0.3, -0.25) is 4.79 Å². The number of carbonyl (C=O) groups is 2. The van der Waals surface area contributed by atoms with Gasteiger partial charge in [0.05, 0.1) is 12.3 Å². The van der Waals surface area contributed by atoms with E-state index in [4.69, 9.17) is 16.3 Å². The molecule has 0 radical (unpaired) electrons. The second kappa shape index (κ2) is 8.21. The fraction of sp³-hybridized carbons (Fsp3) is 0.316. The number of Topliss-reactive ketones (excluding diaryl/α,β-unsaturated/α-hetero) is 1. The van der Waals surface area contributed by atoms with Crippen molar-refractivity contribution >= 4 is 23.4 Å². The monoisotopic (exact) mass is 363 g/mol. The van der Waals surface area contributed by atoms with E-state index in [-0.39, 0.29) is 29.9 Å². The number of aromatic nitrogens is 1. The highest BCUT2D eigenvalue weighted by Crippen LogP contribution is 2.30. The van der Waals surface area contributed by atoms with E-state index in [0.717, 1.165) is 5.56 Å². The third kappa shape index (κ3) is 4.63. The van der Waals surface area contributed by atoms with Crippen LogP contribution in [0.2, 0.25) is 5.15 Å². The van der Waals surface area contributed by atoms with Crippen LogP contribution in [-0.2, 0) is 20.7 Å². The highest BCUT2D eigenvalue weighted by atomic mass is 35.5. The molecular weight excluding hydrogens is 345 g/mol. The van der Waals surface area contributed by atoms with Crippen molar-refractivity contribution in [3.8, 4) is 11.3 Å². The van der Waals surface area contributed by atoms with Crippen LogP contribution in [0.5, 0.6) is 0 Å². The van der Waals surface area contributed by atoms with E-state index in [9.17, 15) is 14.0 Å². The van der Waals surface area contributed by atoms with E-state index in [1.54, 1.807) is 19.1 Å². The summed E-state index contributed by atoms with van der Waals surface area (Å²) < 4.78 is 17.8. The zero-order valence-electron chi connectivity index (χ0n) is 14.3. The molecular formula is C19H19ClFNO3. The number of ketones is 1. The smallest absolute Gasteiger partial charge is 0.374 e. The van der Waals surface area contributed by atoms with Crippen LogP contribution in [0.15, 0.2) is 30.3 Å². The van der Waals surface area contributed by atoms with Gasteiger partial charge in [0.1, 0.15) is 11.0 Å². The van der Waals surface area contributed by atoms with Crippen molar-refractivity contribution in [1.82, 2.24) is 4.98 Å². The number of carbonyl (C=O) groups excluding carboxylic acids is 2. The van der Waals surface area contributed by atoms with Crippen LogP contribution in [0, 0.1) is 5.82 Å². The SMILES string of the molecule is CCOC(=O)C(=O)Cc1c(C(C)C)cc(-c2ccc(F)cc2)nc1Cl. The molecule has 0 saturated heterocycles. The van der Waals surface area contributed by atoms with Crippen LogP contribution < -0.4 is 0 Å². The summed E-state index contributed by atoms with van der Waals surface area (Å²) in [7, 11) is 0. The number of hydrogen-bond acceptors (Lipinski definition) is 4. The Labute approximate surface area is 151 Å². The molecule has 2 rings (SSSR count). The van der Waals surface area contributed by atoms with Gasteiger partial charge in [0, 0.05) is 17.5 Å². The summed E-state index contributed by atoms with van der Waals surface area (Å²) in [4.78, 5) is 27.9. The van der Waals surface area contributed by atoms with E-state index >= 15 is 0 Å². The molecule has 1 aromatic heterocycles. The first-order valence-electron chi connectivity index (χ1n) is 7.98. The average Bonchev–Trinajstić information content (AvgIpc) is 2.57. The highest BCUT2D eigenvalue weighted by Gasteiger charge is 2.22. The first kappa shape index (κ1) is 19.1. The molecule has 0 atom stereocenters. The Morgan fingerprint density at radius 3 is 2.44 bits per heavy atom. The minimum atomic E-state index is -0.879. The fourth-order valence-electron chi connectivity index (χ4n) is 2.46. The molecule has 0 aliphatic carbocycles. The number of ether oxygens (including phenoxy) is 1. The summed E-state index contributed by atoms with van der Waals surface area (Å²) in [5.74, 6) is -1.82. The van der Waals surface area contributed by atoms with Crippen LogP contribution in [0.1, 0.15) is 37.8 Å². The van der Waals surface area contributed by atoms with Gasteiger partial charge in [-0.1, -0.05) is 25.4 Å². The minimum Gasteiger partial charge on any atom is -0.460 e. The highest BCUT2D eigenvalue weighted by molar-refractivity contribution is 6.35. The van der Waals surface area contributed by atoms with Gasteiger partial charge < -0.3 is 4.74 Å². The van der Waals surface area contributed by atoms with Crippen LogP contribution in [-0.4, -0.2) is 23.3 Å². The van der Waals surface area contributed by atoms with Crippen molar-refractivity contribution in [3.63, 3.8) is 0 Å². The number of hydrogen-bond donors (Lipinski definition) is 0. The quantitative estimate of drug-likeness (QED) is 0.435. The zero-order chi connectivity index (χ0) is 18.6. The maximum Gasteiger partial charge on any atom is 0.374 e. The second-order valence-corrected chi connectivity index (χ2v) is 6.21. The largest absolute Gasteiger partial charge is 0.460 e. The first-order valence-corrected chi connectivity index (χ1v) is 8.36. The van der Waals surface area contributed by atoms with E-state index in [2.05, 4.69) is 4.98 Å². The number of esters is 1. The van der Waals surface area contributed by atoms with E-state index < -0.39 is 11.8 Å². The molecule has 2 aromatic rings. The lowest BCUT2D eigenvalue weighted by Crippen LogP contribution is -2.20. The summed E-state index contributed by atoms with van der Waals surface area (Å²) in [6.45, 7) is 5.69. The molecule has 1 heterocycles. The van der Waals surface area contributed by atoms with Gasteiger partial charge in [-0.05, 0) is 48.7 Å². The van der Waals surface area contributed by atoms with Gasteiger partial charge >= 0.3 is 5.97 Å². The molecule has 0 amide bonds. The third-order valence-electron chi connectivity index (χ3n) is 3.71. The first-order chi connectivity index (χ1) is 11.8. The van der Waals surface area contributed by atoms with E-state index in [1.165, 1.54) is 12.1 Å². The van der Waals surface area contributed by atoms with Crippen molar-refractivity contribution < 1.29 is 18.7 Å². The Bertz CT molecular complexity index is 788. The number of rotatable bonds is 6. The van der Waals surface area contributed by atoms with Crippen molar-refractivity contribution in [2.24, 2.45) is 0 Å². The summed E-state index contributed by atoms with van der Waals surface area (Å²) >= 11 is 6.30. The zero-order valence-corrected chi connectivity index (χ0v) is 15.1. The summed E-state index contributed by atoms with van der Waals surface area (Å²) in [6.07, 6.45) is -0.165. The molecule has 0 unspecified atom stereocenters. The second-order valence-electron chi connectivity index (χ2n) is 5.85. The Morgan fingerprint density at radius 2 is 1.88 bits per heavy atom. The Kier molecular flexibility index (Phi) is 6.26. The topological polar surface area (TPSA) is 56.3 Å². The molecule has 25 heavy (non-hydrogen) atoms. The number of benzene rings is 1. The molecule has 0 bridgehead atoms. The van der Waals surface area contributed by atoms with Gasteiger partial charge in [-0.25, -0.2) is 14.2 Å². The third-order valence-corrected chi connectivity index (χ3v) is 4.02. The molecule has 0 fully saturated rings. The summed E-state index contributed by atoms with van der Waals surface area (Å²) in [6, 6.07) is 7.73. The van der Waals surface area contributed by atoms with Crippen molar-refractivity contribution in [2.75, 3.05) is 6.61 Å². The predicted octanol–water partition coefficient (Wildman–Crippen LogP) is 4.34. The number of nitrogens with zero attached hydrogens (tertiary/aromatic N) is 1. The lowest BCUT2D eigenvalue weighted by atomic mass is 9.94. The lowest BCUT2D eigenvalue weighted by Gasteiger charge is -2.15. The molecule has 0 saturated carbocycles. The van der Waals surface area contributed by atoms with Crippen LogP contribution in [0.4, 0.5) is 4.39 Å². The van der Waals surface area contributed by atoms with Gasteiger partial charge in [-0.15, -0.1) is 0 Å². The van der Waals surface area contributed by atoms with Crippen LogP contribution >= 0.6 is 11.6 Å². The van der Waals surface area contributed by atoms with Gasteiger partial charge in [-0.2, -0.15) is 0 Å². The number of halogens is 2. The average molecular weight is 364 g/mol. The number of pyridine rings is 1. The Hall–Kier alpha value is -2.27. The van der Waals surface area contributed by atoms with Crippen molar-refractivity contribution in [3.05, 3.63) is 52.4 Å². The molecule has 6 heteroatoms. The Balaban J connectivity index is 2.42. The molecule has 0 spiro atoms. The van der Waals surface area contributed by atoms with Crippen molar-refractivity contribution in [1.29, 1.82) is 0 Å². The van der Waals surface area contributed by atoms with Gasteiger partial charge in [0.25, 0.3) is 0 Å². The molecule has 4 nitrogen and oxygen atoms in total. The van der Waals surface area contributed by atoms with Crippen LogP contribution in [0.25, 0.3) is 11.3 Å². The standard InChI is InChI=1S/C19H19ClFNO3/c1-4-25-19(24)17(23)10-15-14(11(2)3)9-16(22-18(15)20)12-5-7-13(21)8-6-12/h5-9,11H,4,10H2,1-3H3. The van der Waals surface area contributed by atoms with E-state index in [0.29, 0.717) is 16.8 Å². The van der Waals surface area contributed by atoms with Gasteiger partial charge in [0.15, 0.2) is 0 Å². The molecule has 0 aliphatic heterocycles. The fourth-order valence-corrected chi connectivity index (χ4v) is 2.73. The molecule has 0 N–H and O–H groups in total. The summed E-state index contributed by atoms with van der Waals surface area (Å²) in [5.41, 5.74) is 2.63. The predicted molar refractivity (Wildman–Crippen MR) is 94.1 cm³/mol. The molecule has 132 valence electrons. The lowest BCUT2D eigenvalue weighted by molar-refractivity contribution is -0.153. The minimum absolute atomic E-state index is 0.0599.